The molecule has 1 saturated heterocycles. The predicted octanol–water partition coefficient (Wildman–Crippen LogP) is 7.19. The van der Waals surface area contributed by atoms with Crippen molar-refractivity contribution in [2.45, 2.75) is 72.4 Å². The number of nitrogens with zero attached hydrogens (tertiary/aromatic N) is 5. The van der Waals surface area contributed by atoms with Crippen molar-refractivity contribution in [3.63, 3.8) is 0 Å². The van der Waals surface area contributed by atoms with Crippen LogP contribution in [0.1, 0.15) is 100 Å². The highest BCUT2D eigenvalue weighted by atomic mass is 35.5. The molecule has 0 radical (unpaired) electrons. The minimum absolute atomic E-state index is 0.0693. The molecule has 5 amide bonds. The van der Waals surface area contributed by atoms with E-state index in [1.807, 2.05) is 73.9 Å². The van der Waals surface area contributed by atoms with Crippen LogP contribution in [-0.2, 0) is 28.6 Å². The molecule has 3 N–H and O–H groups in total. The molecule has 3 aliphatic heterocycles. The fraction of sp³-hybridized carbons (Fsp3) is 0.388. The summed E-state index contributed by atoms with van der Waals surface area (Å²) < 4.78 is 23.6. The van der Waals surface area contributed by atoms with Crippen molar-refractivity contribution < 1.29 is 42.9 Å². The predicted molar refractivity (Wildman–Crippen MR) is 258 cm³/mol. The van der Waals surface area contributed by atoms with Gasteiger partial charge in [-0.15, -0.1) is 21.5 Å². The number of halogens is 1. The van der Waals surface area contributed by atoms with Crippen molar-refractivity contribution in [1.29, 1.82) is 0 Å². The lowest BCUT2D eigenvalue weighted by molar-refractivity contribution is -0.141. The van der Waals surface area contributed by atoms with E-state index in [2.05, 4.69) is 40.0 Å². The number of aliphatic imine (C=N–C) groups is 1. The molecular formula is C49H55ClN8O9S. The quantitative estimate of drug-likeness (QED) is 0.0590. The number of hydrogen-bond donors (Lipinski definition) is 3. The lowest BCUT2D eigenvalue weighted by Crippen LogP contribution is -2.62. The molecule has 19 heteroatoms. The third kappa shape index (κ3) is 10.8. The summed E-state index contributed by atoms with van der Waals surface area (Å²) in [5, 5.41) is 18.8. The minimum Gasteiger partial charge on any atom is -0.491 e. The number of nitrogens with one attached hydrogen (secondary N) is 3. The van der Waals surface area contributed by atoms with Gasteiger partial charge in [0, 0.05) is 58.6 Å². The summed E-state index contributed by atoms with van der Waals surface area (Å²) in [6.45, 7) is 15.6. The van der Waals surface area contributed by atoms with Gasteiger partial charge in [0.2, 0.25) is 11.8 Å². The van der Waals surface area contributed by atoms with Crippen LogP contribution in [0.5, 0.6) is 5.75 Å². The number of piperidine rings is 1. The highest BCUT2D eigenvalue weighted by Gasteiger charge is 2.53. The van der Waals surface area contributed by atoms with E-state index >= 15 is 0 Å². The van der Waals surface area contributed by atoms with Crippen molar-refractivity contribution >= 4 is 69.6 Å². The van der Waals surface area contributed by atoms with Crippen LogP contribution in [-0.4, -0.2) is 113 Å². The number of amides is 5. The van der Waals surface area contributed by atoms with E-state index in [0.29, 0.717) is 80.8 Å². The molecule has 1 unspecified atom stereocenters. The molecule has 5 heterocycles. The molecule has 2 aromatic heterocycles. The van der Waals surface area contributed by atoms with Gasteiger partial charge in [-0.1, -0.05) is 29.8 Å². The van der Waals surface area contributed by atoms with E-state index in [4.69, 9.17) is 35.5 Å². The summed E-state index contributed by atoms with van der Waals surface area (Å²) in [6.07, 6.45) is 0.272. The molecule has 17 nitrogen and oxygen atoms in total. The van der Waals surface area contributed by atoms with Crippen molar-refractivity contribution in [2.24, 2.45) is 4.99 Å². The normalized spacial score (nSPS) is 17.3. The van der Waals surface area contributed by atoms with Crippen LogP contribution in [0.15, 0.2) is 71.7 Å². The van der Waals surface area contributed by atoms with Gasteiger partial charge in [0.15, 0.2) is 5.82 Å². The van der Waals surface area contributed by atoms with Crippen LogP contribution in [0.4, 0.5) is 11.4 Å². The van der Waals surface area contributed by atoms with Crippen molar-refractivity contribution in [3.8, 4) is 10.8 Å². The molecule has 358 valence electrons. The highest BCUT2D eigenvalue weighted by Crippen LogP contribution is 2.40. The zero-order valence-electron chi connectivity index (χ0n) is 38.9. The molecule has 3 aromatic carbocycles. The van der Waals surface area contributed by atoms with Gasteiger partial charge in [0.25, 0.3) is 17.7 Å². The van der Waals surface area contributed by atoms with Gasteiger partial charge in [-0.25, -0.2) is 0 Å². The summed E-state index contributed by atoms with van der Waals surface area (Å²) in [5.41, 5.74) is 4.19. The molecule has 2 atom stereocenters. The average Bonchev–Trinajstić information content (AvgIpc) is 3.91. The number of benzene rings is 3. The molecule has 0 saturated carbocycles. The third-order valence-corrected chi connectivity index (χ3v) is 13.1. The van der Waals surface area contributed by atoms with Gasteiger partial charge >= 0.3 is 0 Å². The van der Waals surface area contributed by atoms with Crippen LogP contribution in [0, 0.1) is 20.8 Å². The molecule has 0 spiro atoms. The van der Waals surface area contributed by atoms with E-state index < -0.39 is 35.2 Å². The van der Waals surface area contributed by atoms with E-state index in [1.165, 1.54) is 11.8 Å². The molecule has 5 aromatic rings. The molecule has 8 rings (SSSR count). The Morgan fingerprint density at radius 2 is 1.57 bits per heavy atom. The summed E-state index contributed by atoms with van der Waals surface area (Å²) in [6, 6.07) is 19.4. The first-order valence-electron chi connectivity index (χ1n) is 22.5. The van der Waals surface area contributed by atoms with E-state index in [1.54, 1.807) is 29.5 Å². The standard InChI is InChI=1S/C29H30ClN5O3S.C20H25N3O6/c1-5-37-14-15-38-23-12-10-22(11-13-23)31-25(36)16-24-28-34-33-19(4)35(28)29-26(17(2)18(3)39-29)27(32-24)20-6-8-21(30)9-7-20;1-3-28-11-12-29-10-9-21-14-6-4-5-13-16(14)18(26)23(17(13)25)20(2)8-7-15(24)22-19(20)27/h6-13,24H,5,14-16H2,1-4H3,(H,31,36);4-6,21H,3,7-12H2,1-2H3,(H,22,24,27)/t24-;/m0./s1. The maximum atomic E-state index is 13.3. The summed E-state index contributed by atoms with van der Waals surface area (Å²) in [4.78, 5) is 70.6. The molecule has 1 fully saturated rings. The van der Waals surface area contributed by atoms with Crippen molar-refractivity contribution in [3.05, 3.63) is 116 Å². The highest BCUT2D eigenvalue weighted by molar-refractivity contribution is 7.15. The second kappa shape index (κ2) is 22.2. The topological polar surface area (TPSA) is 205 Å². The maximum absolute atomic E-state index is 13.3. The van der Waals surface area contributed by atoms with Crippen molar-refractivity contribution in [2.75, 3.05) is 63.4 Å². The number of aromatic nitrogens is 3. The molecule has 0 bridgehead atoms. The number of carbonyl (C=O) groups is 5. The fourth-order valence-electron chi connectivity index (χ4n) is 8.03. The summed E-state index contributed by atoms with van der Waals surface area (Å²) in [7, 11) is 0. The van der Waals surface area contributed by atoms with Crippen LogP contribution >= 0.6 is 22.9 Å². The Hall–Kier alpha value is -6.31. The average molecular weight is 968 g/mol. The number of fused-ring (bicyclic) bond motifs is 4. The van der Waals surface area contributed by atoms with Gasteiger partial charge in [0.05, 0.1) is 49.7 Å². The number of ether oxygens (including phenoxy) is 4. The maximum Gasteiger partial charge on any atom is 0.264 e. The van der Waals surface area contributed by atoms with E-state index in [9.17, 15) is 24.0 Å². The van der Waals surface area contributed by atoms with Gasteiger partial charge in [-0.05, 0) is 102 Å². The van der Waals surface area contributed by atoms with Gasteiger partial charge < -0.3 is 29.6 Å². The number of imide groups is 2. The lowest BCUT2D eigenvalue weighted by atomic mass is 9.89. The number of aryl methyl sites for hydroxylation is 2. The Morgan fingerprint density at radius 3 is 2.28 bits per heavy atom. The van der Waals surface area contributed by atoms with Gasteiger partial charge in [-0.3, -0.25) is 43.7 Å². The smallest absolute Gasteiger partial charge is 0.264 e. The Labute approximate surface area is 403 Å². The molecule has 68 heavy (non-hydrogen) atoms. The lowest BCUT2D eigenvalue weighted by Gasteiger charge is -2.38. The molecule has 3 aliphatic rings. The first-order chi connectivity index (χ1) is 32.7. The Morgan fingerprint density at radius 1 is 0.868 bits per heavy atom. The third-order valence-electron chi connectivity index (χ3n) is 11.7. The van der Waals surface area contributed by atoms with E-state index in [0.717, 1.165) is 38.1 Å². The summed E-state index contributed by atoms with van der Waals surface area (Å²) >= 11 is 7.87. The SMILES string of the molecule is CCOCCOCCNc1cccc2c1C(=O)N(C1(C)CCC(=O)NC1=O)C2=O.CCOCCOc1ccc(NC(=O)C[C@@H]2N=C(c3ccc(Cl)cc3)c3c(sc(C)c3C)-n3c(C)nnc32)cc1. The number of carbonyl (C=O) groups excluding carboxylic acids is 5. The Balaban J connectivity index is 0.000000211. The number of thiophene rings is 1. The van der Waals surface area contributed by atoms with Crippen LogP contribution in [0.3, 0.4) is 0 Å². The minimum atomic E-state index is -1.40. The number of rotatable bonds is 18. The van der Waals surface area contributed by atoms with Crippen LogP contribution in [0.2, 0.25) is 5.02 Å². The zero-order chi connectivity index (χ0) is 48.5. The molecule has 0 aliphatic carbocycles. The summed E-state index contributed by atoms with van der Waals surface area (Å²) in [5.74, 6) is -0.177. The Bertz CT molecular complexity index is 2700. The van der Waals surface area contributed by atoms with E-state index in [-0.39, 0.29) is 36.3 Å². The van der Waals surface area contributed by atoms with Gasteiger partial charge in [0.1, 0.15) is 34.8 Å². The fourth-order valence-corrected chi connectivity index (χ4v) is 9.37. The monoisotopic (exact) mass is 966 g/mol. The van der Waals surface area contributed by atoms with Crippen molar-refractivity contribution in [1.82, 2.24) is 25.0 Å². The largest absolute Gasteiger partial charge is 0.491 e. The number of hydrogen-bond acceptors (Lipinski definition) is 14. The van der Waals surface area contributed by atoms with Gasteiger partial charge in [-0.2, -0.15) is 0 Å². The Kier molecular flexibility index (Phi) is 16.2. The van der Waals surface area contributed by atoms with Crippen LogP contribution in [0.25, 0.3) is 5.00 Å². The molecular weight excluding hydrogens is 912 g/mol. The first kappa shape index (κ1) is 49.6. The second-order valence-corrected chi connectivity index (χ2v) is 17.9. The van der Waals surface area contributed by atoms with Crippen LogP contribution < -0.4 is 20.7 Å². The first-order valence-corrected chi connectivity index (χ1v) is 23.7. The zero-order valence-corrected chi connectivity index (χ0v) is 40.5. The second-order valence-electron chi connectivity index (χ2n) is 16.3. The number of anilines is 2.